The monoisotopic (exact) mass is 472 g/mol. The maximum absolute atomic E-state index is 12.4. The molecule has 1 heterocycles. The number of ether oxygens (including phenoxy) is 4. The molecule has 5 heteroatoms. The van der Waals surface area contributed by atoms with E-state index >= 15 is 0 Å². The molecule has 182 valence electrons. The highest BCUT2D eigenvalue weighted by Crippen LogP contribution is 2.52. The molecule has 1 saturated heterocycles. The van der Waals surface area contributed by atoms with Crippen molar-refractivity contribution in [1.29, 1.82) is 0 Å². The molecule has 5 nitrogen and oxygen atoms in total. The van der Waals surface area contributed by atoms with Gasteiger partial charge in [-0.05, 0) is 23.6 Å². The Hall–Kier alpha value is -2.83. The minimum Gasteiger partial charge on any atom is -0.374 e. The van der Waals surface area contributed by atoms with Crippen molar-refractivity contribution in [2.75, 3.05) is 6.61 Å². The van der Waals surface area contributed by atoms with Gasteiger partial charge >= 0.3 is 0 Å². The molecule has 1 aliphatic carbocycles. The largest absolute Gasteiger partial charge is 0.374 e. The van der Waals surface area contributed by atoms with Crippen LogP contribution < -0.4 is 0 Å². The Kier molecular flexibility index (Phi) is 7.69. The Balaban J connectivity index is 1.33. The van der Waals surface area contributed by atoms with E-state index in [1.54, 1.807) is 6.92 Å². The van der Waals surface area contributed by atoms with Crippen molar-refractivity contribution >= 4 is 5.78 Å². The van der Waals surface area contributed by atoms with Crippen LogP contribution in [0.15, 0.2) is 91.0 Å². The van der Waals surface area contributed by atoms with Crippen molar-refractivity contribution < 1.29 is 23.7 Å². The third-order valence-corrected chi connectivity index (χ3v) is 6.84. The first-order valence-corrected chi connectivity index (χ1v) is 12.3. The van der Waals surface area contributed by atoms with E-state index in [1.165, 1.54) is 0 Å². The Morgan fingerprint density at radius 1 is 0.714 bits per heavy atom. The van der Waals surface area contributed by atoms with Gasteiger partial charge in [0.25, 0.3) is 0 Å². The lowest BCUT2D eigenvalue weighted by atomic mass is 9.99. The minimum atomic E-state index is -0.347. The van der Waals surface area contributed by atoms with Gasteiger partial charge in [0.2, 0.25) is 0 Å². The molecular weight excluding hydrogens is 440 g/mol. The van der Waals surface area contributed by atoms with Gasteiger partial charge in [-0.1, -0.05) is 91.0 Å². The zero-order valence-electron chi connectivity index (χ0n) is 20.0. The molecule has 0 spiro atoms. The van der Waals surface area contributed by atoms with Gasteiger partial charge in [0, 0.05) is 5.92 Å². The highest BCUT2D eigenvalue weighted by molar-refractivity contribution is 5.82. The number of carbonyl (C=O) groups excluding carboxylic acids is 1. The fourth-order valence-corrected chi connectivity index (χ4v) is 5.03. The fourth-order valence-electron chi connectivity index (χ4n) is 5.03. The molecule has 5 rings (SSSR count). The Morgan fingerprint density at radius 3 is 1.71 bits per heavy atom. The van der Waals surface area contributed by atoms with Crippen LogP contribution in [-0.4, -0.2) is 36.8 Å². The lowest BCUT2D eigenvalue weighted by Gasteiger charge is -2.37. The number of benzene rings is 3. The van der Waals surface area contributed by atoms with Crippen molar-refractivity contribution in [3.63, 3.8) is 0 Å². The van der Waals surface area contributed by atoms with Crippen LogP contribution in [-0.2, 0) is 43.6 Å². The van der Waals surface area contributed by atoms with E-state index < -0.39 is 0 Å². The van der Waals surface area contributed by atoms with Crippen LogP contribution in [0.3, 0.4) is 0 Å². The van der Waals surface area contributed by atoms with Gasteiger partial charge in [-0.3, -0.25) is 4.79 Å². The van der Waals surface area contributed by atoms with Crippen molar-refractivity contribution in [3.8, 4) is 0 Å². The lowest BCUT2D eigenvalue weighted by Crippen LogP contribution is -2.50. The fraction of sp³-hybridized carbons (Fsp3) is 0.367. The molecule has 2 fully saturated rings. The second-order valence-corrected chi connectivity index (χ2v) is 9.38. The molecule has 0 amide bonds. The van der Waals surface area contributed by atoms with Crippen molar-refractivity contribution in [1.82, 2.24) is 0 Å². The number of carbonyl (C=O) groups is 1. The first-order valence-electron chi connectivity index (χ1n) is 12.3. The summed E-state index contributed by atoms with van der Waals surface area (Å²) in [5, 5.41) is 0. The van der Waals surface area contributed by atoms with Crippen molar-refractivity contribution in [3.05, 3.63) is 108 Å². The summed E-state index contributed by atoms with van der Waals surface area (Å²) in [6.45, 7) is 3.40. The zero-order valence-corrected chi connectivity index (χ0v) is 20.0. The summed E-state index contributed by atoms with van der Waals surface area (Å²) >= 11 is 0. The Bertz CT molecular complexity index is 1070. The maximum Gasteiger partial charge on any atom is 0.135 e. The van der Waals surface area contributed by atoms with Gasteiger partial charge in [-0.15, -0.1) is 0 Å². The van der Waals surface area contributed by atoms with Gasteiger partial charge in [0.05, 0.1) is 44.6 Å². The lowest BCUT2D eigenvalue weighted by molar-refractivity contribution is -0.201. The molecule has 3 aromatic carbocycles. The second kappa shape index (κ2) is 11.3. The van der Waals surface area contributed by atoms with Crippen LogP contribution in [0, 0.1) is 11.8 Å². The van der Waals surface area contributed by atoms with Crippen LogP contribution >= 0.6 is 0 Å². The van der Waals surface area contributed by atoms with E-state index in [-0.39, 0.29) is 42.0 Å². The Labute approximate surface area is 207 Å². The average molecular weight is 473 g/mol. The van der Waals surface area contributed by atoms with Crippen LogP contribution in [0.4, 0.5) is 0 Å². The maximum atomic E-state index is 12.4. The first-order chi connectivity index (χ1) is 17.2. The number of ketones is 1. The summed E-state index contributed by atoms with van der Waals surface area (Å²) < 4.78 is 25.4. The second-order valence-electron chi connectivity index (χ2n) is 9.38. The molecule has 0 bridgehead atoms. The van der Waals surface area contributed by atoms with Gasteiger partial charge in [0.15, 0.2) is 0 Å². The van der Waals surface area contributed by atoms with Gasteiger partial charge in [-0.2, -0.15) is 0 Å². The molecule has 1 saturated carbocycles. The summed E-state index contributed by atoms with van der Waals surface area (Å²) in [6.07, 6.45) is -1.07. The summed E-state index contributed by atoms with van der Waals surface area (Å²) in [5.74, 6) is -0.0129. The number of Topliss-reactive ketones (excluding diaryl/α,β-unsaturated/α-hetero) is 1. The number of fused-ring (bicyclic) bond motifs is 1. The van der Waals surface area contributed by atoms with Crippen molar-refractivity contribution in [2.24, 2.45) is 11.8 Å². The number of hydrogen-bond donors (Lipinski definition) is 0. The molecule has 3 aromatic rings. The minimum absolute atomic E-state index is 0.00218. The predicted octanol–water partition coefficient (Wildman–Crippen LogP) is 4.98. The Morgan fingerprint density at radius 2 is 1.20 bits per heavy atom. The topological polar surface area (TPSA) is 54.0 Å². The number of rotatable bonds is 11. The van der Waals surface area contributed by atoms with E-state index in [0.717, 1.165) is 16.7 Å². The van der Waals surface area contributed by atoms with E-state index in [9.17, 15) is 4.79 Å². The molecular formula is C30H32O5. The average Bonchev–Trinajstić information content (AvgIpc) is 3.62. The highest BCUT2D eigenvalue weighted by Gasteiger charge is 2.65. The molecule has 2 aliphatic rings. The normalized spacial score (nSPS) is 27.2. The molecule has 4 unspecified atom stereocenters. The van der Waals surface area contributed by atoms with E-state index in [2.05, 4.69) is 0 Å². The van der Waals surface area contributed by atoms with Gasteiger partial charge in [0.1, 0.15) is 18.0 Å². The predicted molar refractivity (Wildman–Crippen MR) is 132 cm³/mol. The van der Waals surface area contributed by atoms with Crippen LogP contribution in [0.25, 0.3) is 0 Å². The molecule has 0 radical (unpaired) electrons. The summed E-state index contributed by atoms with van der Waals surface area (Å²) in [6, 6.07) is 30.3. The first kappa shape index (κ1) is 23.9. The highest BCUT2D eigenvalue weighted by atomic mass is 16.6. The van der Waals surface area contributed by atoms with Crippen LogP contribution in [0.5, 0.6) is 0 Å². The van der Waals surface area contributed by atoms with Crippen molar-refractivity contribution in [2.45, 2.75) is 51.2 Å². The zero-order chi connectivity index (χ0) is 24.0. The smallest absolute Gasteiger partial charge is 0.135 e. The SMILES string of the molecule is CC(=O)C1C2C(OCc3ccccc3)[C@H](OCc3ccccc3)C(COCc3ccccc3)O[C@H]12. The third-order valence-electron chi connectivity index (χ3n) is 6.84. The standard InChI is InChI=1S/C30H32O5/c1-21(31)26-27-29(26)35-25(20-32-17-22-11-5-2-6-12-22)28(33-18-23-13-7-3-8-14-23)30(27)34-19-24-15-9-4-10-16-24/h2-16,25-30H,17-20H2,1H3/t25?,26?,27?,28-,29-,30?/m1/s1. The van der Waals surface area contributed by atoms with E-state index in [1.807, 2.05) is 91.0 Å². The molecule has 0 N–H and O–H groups in total. The van der Waals surface area contributed by atoms with E-state index in [4.69, 9.17) is 18.9 Å². The van der Waals surface area contributed by atoms with Crippen LogP contribution in [0.1, 0.15) is 23.6 Å². The molecule has 6 atom stereocenters. The number of hydrogen-bond acceptors (Lipinski definition) is 5. The van der Waals surface area contributed by atoms with E-state index in [0.29, 0.717) is 26.4 Å². The molecule has 0 aromatic heterocycles. The van der Waals surface area contributed by atoms with Gasteiger partial charge in [-0.25, -0.2) is 0 Å². The van der Waals surface area contributed by atoms with Crippen LogP contribution in [0.2, 0.25) is 0 Å². The quantitative estimate of drug-likeness (QED) is 0.394. The third kappa shape index (κ3) is 5.88. The molecule has 35 heavy (non-hydrogen) atoms. The summed E-state index contributed by atoms with van der Waals surface area (Å²) in [5.41, 5.74) is 3.28. The van der Waals surface area contributed by atoms with Gasteiger partial charge < -0.3 is 18.9 Å². The summed E-state index contributed by atoms with van der Waals surface area (Å²) in [4.78, 5) is 12.4. The molecule has 1 aliphatic heterocycles. The summed E-state index contributed by atoms with van der Waals surface area (Å²) in [7, 11) is 0.